The molecule has 1 N–H and O–H groups in total. The van der Waals surface area contributed by atoms with Crippen LogP contribution < -0.4 is 4.74 Å². The van der Waals surface area contributed by atoms with Crippen LogP contribution in [0, 0.1) is 0 Å². The van der Waals surface area contributed by atoms with Crippen LogP contribution in [0.3, 0.4) is 0 Å². The maximum absolute atomic E-state index is 10.5. The zero-order chi connectivity index (χ0) is 12.2. The number of carboxylic acids is 1. The van der Waals surface area contributed by atoms with Gasteiger partial charge in [-0.15, -0.1) is 0 Å². The number of rotatable bonds is 5. The molecule has 88 valence electrons. The topological polar surface area (TPSA) is 46.5 Å². The second kappa shape index (κ2) is 5.34. The third kappa shape index (κ3) is 4.66. The molecule has 0 fully saturated rings. The van der Waals surface area contributed by atoms with E-state index in [0.717, 1.165) is 10.2 Å². The van der Waals surface area contributed by atoms with Crippen molar-refractivity contribution >= 4 is 21.9 Å². The molecule has 0 saturated carbocycles. The van der Waals surface area contributed by atoms with Crippen LogP contribution >= 0.6 is 15.9 Å². The highest BCUT2D eigenvalue weighted by Gasteiger charge is 2.20. The minimum atomic E-state index is -0.799. The summed E-state index contributed by atoms with van der Waals surface area (Å²) in [6.07, 6.45) is 0.599. The minimum Gasteiger partial charge on any atom is -0.488 e. The first-order chi connectivity index (χ1) is 7.39. The lowest BCUT2D eigenvalue weighted by molar-refractivity contribution is -0.138. The fraction of sp³-hybridized carbons (Fsp3) is 0.417. The van der Waals surface area contributed by atoms with E-state index in [9.17, 15) is 4.79 Å². The Morgan fingerprint density at radius 3 is 2.44 bits per heavy atom. The van der Waals surface area contributed by atoms with Gasteiger partial charge in [-0.05, 0) is 44.5 Å². The van der Waals surface area contributed by atoms with Gasteiger partial charge in [-0.25, -0.2) is 0 Å². The first-order valence-corrected chi connectivity index (χ1v) is 5.85. The highest BCUT2D eigenvalue weighted by atomic mass is 79.9. The summed E-state index contributed by atoms with van der Waals surface area (Å²) >= 11 is 3.34. The van der Waals surface area contributed by atoms with E-state index in [1.54, 1.807) is 0 Å². The van der Waals surface area contributed by atoms with Gasteiger partial charge in [0.15, 0.2) is 0 Å². The van der Waals surface area contributed by atoms with Gasteiger partial charge in [0.05, 0.1) is 0 Å². The van der Waals surface area contributed by atoms with E-state index < -0.39 is 11.6 Å². The molecule has 0 radical (unpaired) electrons. The molecular weight excluding hydrogens is 272 g/mol. The molecule has 1 aromatic carbocycles. The van der Waals surface area contributed by atoms with Crippen molar-refractivity contribution in [1.29, 1.82) is 0 Å². The number of carboxylic acid groups (broad SMARTS) is 1. The number of benzene rings is 1. The summed E-state index contributed by atoms with van der Waals surface area (Å²) in [4.78, 5) is 10.5. The van der Waals surface area contributed by atoms with E-state index in [0.29, 0.717) is 6.42 Å². The molecular formula is C12H15BrO3. The Hall–Kier alpha value is -1.03. The Bertz CT molecular complexity index is 357. The summed E-state index contributed by atoms with van der Waals surface area (Å²) in [6.45, 7) is 3.77. The molecule has 0 atom stereocenters. The van der Waals surface area contributed by atoms with Gasteiger partial charge in [-0.3, -0.25) is 4.79 Å². The number of halogens is 1. The lowest BCUT2D eigenvalue weighted by atomic mass is 10.0. The molecule has 3 nitrogen and oxygen atoms in total. The Morgan fingerprint density at radius 2 is 1.94 bits per heavy atom. The quantitative estimate of drug-likeness (QED) is 0.902. The second-order valence-corrected chi connectivity index (χ2v) is 5.13. The summed E-state index contributed by atoms with van der Waals surface area (Å²) in [5.41, 5.74) is -0.466. The van der Waals surface area contributed by atoms with Gasteiger partial charge >= 0.3 is 5.97 Å². The van der Waals surface area contributed by atoms with Gasteiger partial charge < -0.3 is 9.84 Å². The van der Waals surface area contributed by atoms with Gasteiger partial charge in [0, 0.05) is 10.9 Å². The molecule has 0 aromatic heterocycles. The smallest absolute Gasteiger partial charge is 0.303 e. The molecule has 0 aliphatic rings. The zero-order valence-electron chi connectivity index (χ0n) is 9.37. The van der Waals surface area contributed by atoms with Crippen LogP contribution in [0.5, 0.6) is 5.75 Å². The average Bonchev–Trinajstić information content (AvgIpc) is 2.19. The standard InChI is InChI=1S/C12H15BrO3/c1-12(2,8-7-11(14)15)16-10-5-3-9(13)4-6-10/h3-6H,7-8H2,1-2H3,(H,14,15). The highest BCUT2D eigenvalue weighted by Crippen LogP contribution is 2.23. The fourth-order valence-electron chi connectivity index (χ4n) is 1.28. The number of hydrogen-bond donors (Lipinski definition) is 1. The van der Waals surface area contributed by atoms with E-state index >= 15 is 0 Å². The Morgan fingerprint density at radius 1 is 1.38 bits per heavy atom. The summed E-state index contributed by atoms with van der Waals surface area (Å²) in [6, 6.07) is 7.49. The van der Waals surface area contributed by atoms with Crippen LogP contribution in [0.15, 0.2) is 28.7 Å². The van der Waals surface area contributed by atoms with E-state index in [4.69, 9.17) is 9.84 Å². The van der Waals surface area contributed by atoms with E-state index in [1.165, 1.54) is 0 Å². The molecule has 0 amide bonds. The molecule has 0 aliphatic heterocycles. The van der Waals surface area contributed by atoms with E-state index in [-0.39, 0.29) is 6.42 Å². The number of carbonyl (C=O) groups is 1. The molecule has 0 spiro atoms. The van der Waals surface area contributed by atoms with Crippen LogP contribution in [0.2, 0.25) is 0 Å². The lowest BCUT2D eigenvalue weighted by Crippen LogP contribution is -2.28. The van der Waals surface area contributed by atoms with E-state index in [1.807, 2.05) is 38.1 Å². The molecule has 0 aliphatic carbocycles. The zero-order valence-corrected chi connectivity index (χ0v) is 11.0. The normalized spacial score (nSPS) is 11.2. The SMILES string of the molecule is CC(C)(CCC(=O)O)Oc1ccc(Br)cc1. The summed E-state index contributed by atoms with van der Waals surface area (Å²) < 4.78 is 6.71. The third-order valence-corrected chi connectivity index (χ3v) is 2.68. The van der Waals surface area contributed by atoms with Crippen molar-refractivity contribution in [2.45, 2.75) is 32.3 Å². The predicted molar refractivity (Wildman–Crippen MR) is 65.7 cm³/mol. The minimum absolute atomic E-state index is 0.115. The van der Waals surface area contributed by atoms with Gasteiger partial charge in [0.1, 0.15) is 11.4 Å². The summed E-state index contributed by atoms with van der Waals surface area (Å²) in [5.74, 6) is -0.0499. The first-order valence-electron chi connectivity index (χ1n) is 5.05. The molecule has 0 heterocycles. The lowest BCUT2D eigenvalue weighted by Gasteiger charge is -2.25. The number of ether oxygens (including phenoxy) is 1. The molecule has 0 saturated heterocycles. The largest absolute Gasteiger partial charge is 0.488 e. The van der Waals surface area contributed by atoms with Crippen LogP contribution in [-0.4, -0.2) is 16.7 Å². The Balaban J connectivity index is 2.57. The van der Waals surface area contributed by atoms with E-state index in [2.05, 4.69) is 15.9 Å². The number of hydrogen-bond acceptors (Lipinski definition) is 2. The van der Waals surface area contributed by atoms with Crippen LogP contribution in [-0.2, 0) is 4.79 Å². The first kappa shape index (κ1) is 13.0. The van der Waals surface area contributed by atoms with Crippen molar-refractivity contribution in [3.05, 3.63) is 28.7 Å². The molecule has 0 unspecified atom stereocenters. The van der Waals surface area contributed by atoms with Crippen molar-refractivity contribution in [2.75, 3.05) is 0 Å². The van der Waals surface area contributed by atoms with Gasteiger partial charge in [-0.1, -0.05) is 15.9 Å². The predicted octanol–water partition coefficient (Wildman–Crippen LogP) is 3.47. The molecule has 0 bridgehead atoms. The Labute approximate surface area is 104 Å². The summed E-state index contributed by atoms with van der Waals surface area (Å²) in [7, 11) is 0. The summed E-state index contributed by atoms with van der Waals surface area (Å²) in [5, 5.41) is 8.62. The third-order valence-electron chi connectivity index (χ3n) is 2.15. The maximum atomic E-state index is 10.5. The van der Waals surface area contributed by atoms with Gasteiger partial charge in [0.25, 0.3) is 0 Å². The monoisotopic (exact) mass is 286 g/mol. The van der Waals surface area contributed by atoms with Crippen molar-refractivity contribution in [2.24, 2.45) is 0 Å². The fourth-order valence-corrected chi connectivity index (χ4v) is 1.55. The van der Waals surface area contributed by atoms with Crippen molar-refractivity contribution in [1.82, 2.24) is 0 Å². The van der Waals surface area contributed by atoms with Crippen molar-refractivity contribution < 1.29 is 14.6 Å². The van der Waals surface area contributed by atoms with Crippen molar-refractivity contribution in [3.8, 4) is 5.75 Å². The van der Waals surface area contributed by atoms with Gasteiger partial charge in [0.2, 0.25) is 0 Å². The molecule has 16 heavy (non-hydrogen) atoms. The Kier molecular flexibility index (Phi) is 4.35. The second-order valence-electron chi connectivity index (χ2n) is 4.21. The van der Waals surface area contributed by atoms with Crippen LogP contribution in [0.4, 0.5) is 0 Å². The molecule has 1 rings (SSSR count). The molecule has 4 heteroatoms. The van der Waals surface area contributed by atoms with Crippen LogP contribution in [0.25, 0.3) is 0 Å². The van der Waals surface area contributed by atoms with Crippen LogP contribution in [0.1, 0.15) is 26.7 Å². The molecule has 1 aromatic rings. The highest BCUT2D eigenvalue weighted by molar-refractivity contribution is 9.10. The van der Waals surface area contributed by atoms with Crippen molar-refractivity contribution in [3.63, 3.8) is 0 Å². The maximum Gasteiger partial charge on any atom is 0.303 e. The van der Waals surface area contributed by atoms with Gasteiger partial charge in [-0.2, -0.15) is 0 Å². The average molecular weight is 287 g/mol. The number of aliphatic carboxylic acids is 1.